The molecule has 1 aliphatic carbocycles. The Labute approximate surface area is 60.3 Å². The summed E-state index contributed by atoms with van der Waals surface area (Å²) in [5.41, 5.74) is 5.49. The van der Waals surface area contributed by atoms with E-state index >= 15 is 0 Å². The van der Waals surface area contributed by atoms with E-state index in [0.29, 0.717) is 12.6 Å². The molecule has 1 aliphatic heterocycles. The van der Waals surface area contributed by atoms with Crippen molar-refractivity contribution in [3.8, 4) is 0 Å². The third-order valence-corrected chi connectivity index (χ3v) is 2.29. The molecular weight excluding hydrogens is 128 g/mol. The zero-order chi connectivity index (χ0) is 7.19. The molecule has 0 aromatic heterocycles. The van der Waals surface area contributed by atoms with E-state index in [-0.39, 0.29) is 5.54 Å². The molecule has 0 saturated heterocycles. The first-order valence-corrected chi connectivity index (χ1v) is 3.68. The molecule has 10 heavy (non-hydrogen) atoms. The summed E-state index contributed by atoms with van der Waals surface area (Å²) in [6.45, 7) is 2.94. The number of nitrogens with zero attached hydrogens (tertiary/aromatic N) is 1. The minimum absolute atomic E-state index is 0.101. The summed E-state index contributed by atoms with van der Waals surface area (Å²) in [6, 6.07) is 0.381. The minimum Gasteiger partial charge on any atom is -0.463 e. The van der Waals surface area contributed by atoms with Crippen molar-refractivity contribution >= 4 is 6.02 Å². The van der Waals surface area contributed by atoms with Gasteiger partial charge in [0, 0.05) is 0 Å². The molecule has 0 aromatic rings. The van der Waals surface area contributed by atoms with Gasteiger partial charge in [0.25, 0.3) is 6.02 Å². The highest BCUT2D eigenvalue weighted by molar-refractivity contribution is 5.73. The second-order valence-corrected chi connectivity index (χ2v) is 3.48. The number of hydrogen-bond donors (Lipinski definition) is 1. The number of nitrogens with two attached hydrogens (primary N) is 1. The van der Waals surface area contributed by atoms with Gasteiger partial charge < -0.3 is 10.5 Å². The van der Waals surface area contributed by atoms with E-state index in [1.807, 2.05) is 0 Å². The molecule has 56 valence electrons. The van der Waals surface area contributed by atoms with Crippen molar-refractivity contribution in [2.45, 2.75) is 25.3 Å². The van der Waals surface area contributed by atoms with Crippen LogP contribution in [0.4, 0.5) is 0 Å². The quantitative estimate of drug-likeness (QED) is 0.532. The first-order valence-electron chi connectivity index (χ1n) is 3.68. The fourth-order valence-corrected chi connectivity index (χ4v) is 1.95. The normalized spacial score (nSPS) is 44.5. The van der Waals surface area contributed by atoms with Crippen molar-refractivity contribution in [2.24, 2.45) is 16.6 Å². The van der Waals surface area contributed by atoms with Crippen LogP contribution in [-0.4, -0.2) is 18.2 Å². The Balaban J connectivity index is 2.07. The van der Waals surface area contributed by atoms with E-state index in [1.54, 1.807) is 0 Å². The smallest absolute Gasteiger partial charge is 0.282 e. The van der Waals surface area contributed by atoms with Crippen molar-refractivity contribution in [3.05, 3.63) is 0 Å². The molecule has 0 unspecified atom stereocenters. The molecule has 1 spiro atoms. The first kappa shape index (κ1) is 6.01. The van der Waals surface area contributed by atoms with Gasteiger partial charge in [-0.15, -0.1) is 0 Å². The summed E-state index contributed by atoms with van der Waals surface area (Å²) in [5, 5.41) is 0. The highest BCUT2D eigenvalue weighted by Gasteiger charge is 2.46. The fourth-order valence-electron chi connectivity index (χ4n) is 1.95. The molecule has 0 amide bonds. The molecule has 1 heterocycles. The maximum Gasteiger partial charge on any atom is 0.282 e. The largest absolute Gasteiger partial charge is 0.463 e. The maximum absolute atomic E-state index is 5.39. The second kappa shape index (κ2) is 1.65. The molecule has 1 fully saturated rings. The lowest BCUT2D eigenvalue weighted by atomic mass is 9.70. The lowest BCUT2D eigenvalue weighted by Gasteiger charge is -2.38. The van der Waals surface area contributed by atoms with Gasteiger partial charge in [0.2, 0.25) is 0 Å². The number of ether oxygens (including phenoxy) is 1. The predicted octanol–water partition coefficient (Wildman–Crippen LogP) is 0.500. The van der Waals surface area contributed by atoms with Gasteiger partial charge >= 0.3 is 0 Å². The van der Waals surface area contributed by atoms with Crippen LogP contribution in [0, 0.1) is 5.92 Å². The van der Waals surface area contributed by atoms with E-state index in [0.717, 1.165) is 18.8 Å². The molecule has 0 bridgehead atoms. The Bertz CT molecular complexity index is 182. The lowest BCUT2D eigenvalue weighted by molar-refractivity contribution is 0.121. The van der Waals surface area contributed by atoms with Crippen molar-refractivity contribution in [1.82, 2.24) is 0 Å². The van der Waals surface area contributed by atoms with E-state index in [9.17, 15) is 0 Å². The molecule has 0 atom stereocenters. The van der Waals surface area contributed by atoms with Crippen molar-refractivity contribution in [1.29, 1.82) is 0 Å². The van der Waals surface area contributed by atoms with Crippen molar-refractivity contribution in [3.63, 3.8) is 0 Å². The Morgan fingerprint density at radius 2 is 2.40 bits per heavy atom. The van der Waals surface area contributed by atoms with Gasteiger partial charge in [-0.3, -0.25) is 0 Å². The van der Waals surface area contributed by atoms with E-state index in [2.05, 4.69) is 11.9 Å². The van der Waals surface area contributed by atoms with Gasteiger partial charge in [-0.25, -0.2) is 4.99 Å². The molecule has 2 N–H and O–H groups in total. The van der Waals surface area contributed by atoms with Crippen LogP contribution in [-0.2, 0) is 4.74 Å². The maximum atomic E-state index is 5.39. The van der Waals surface area contributed by atoms with Crippen molar-refractivity contribution < 1.29 is 4.74 Å². The zero-order valence-electron chi connectivity index (χ0n) is 6.13. The first-order chi connectivity index (χ1) is 4.70. The van der Waals surface area contributed by atoms with E-state index in [4.69, 9.17) is 10.5 Å². The summed E-state index contributed by atoms with van der Waals surface area (Å²) >= 11 is 0. The molecule has 3 nitrogen and oxygen atoms in total. The molecule has 2 rings (SSSR count). The average molecular weight is 140 g/mol. The van der Waals surface area contributed by atoms with Crippen LogP contribution in [0.1, 0.15) is 19.8 Å². The fraction of sp³-hybridized carbons (Fsp3) is 0.857. The summed E-state index contributed by atoms with van der Waals surface area (Å²) in [6.07, 6.45) is 2.29. The van der Waals surface area contributed by atoms with Crippen LogP contribution in [0.25, 0.3) is 0 Å². The van der Waals surface area contributed by atoms with Gasteiger partial charge in [0.15, 0.2) is 0 Å². The number of rotatable bonds is 0. The summed E-state index contributed by atoms with van der Waals surface area (Å²) < 4.78 is 5.09. The van der Waals surface area contributed by atoms with Gasteiger partial charge in [0.1, 0.15) is 12.1 Å². The topological polar surface area (TPSA) is 47.6 Å². The second-order valence-electron chi connectivity index (χ2n) is 3.48. The molecule has 1 saturated carbocycles. The Morgan fingerprint density at radius 1 is 1.70 bits per heavy atom. The summed E-state index contributed by atoms with van der Waals surface area (Å²) in [4.78, 5) is 4.25. The van der Waals surface area contributed by atoms with Crippen molar-refractivity contribution in [2.75, 3.05) is 6.61 Å². The molecule has 2 aliphatic rings. The number of hydrogen-bond acceptors (Lipinski definition) is 3. The SMILES string of the molecule is CC1CC2(COC(N)=N2)C1. The van der Waals surface area contributed by atoms with Crippen LogP contribution < -0.4 is 5.73 Å². The third kappa shape index (κ3) is 0.696. The van der Waals surface area contributed by atoms with Crippen LogP contribution in [0.3, 0.4) is 0 Å². The monoisotopic (exact) mass is 140 g/mol. The summed E-state index contributed by atoms with van der Waals surface area (Å²) in [5.74, 6) is 0.804. The van der Waals surface area contributed by atoms with Gasteiger partial charge in [-0.2, -0.15) is 0 Å². The molecule has 0 radical (unpaired) electrons. The highest BCUT2D eigenvalue weighted by Crippen LogP contribution is 2.42. The Morgan fingerprint density at radius 3 is 2.80 bits per heavy atom. The predicted molar refractivity (Wildman–Crippen MR) is 38.7 cm³/mol. The number of aliphatic imine (C=N–C) groups is 1. The van der Waals surface area contributed by atoms with Crippen LogP contribution in [0.5, 0.6) is 0 Å². The van der Waals surface area contributed by atoms with Crippen LogP contribution in [0.2, 0.25) is 0 Å². The zero-order valence-corrected chi connectivity index (χ0v) is 6.13. The Hall–Kier alpha value is -0.730. The van der Waals surface area contributed by atoms with E-state index < -0.39 is 0 Å². The van der Waals surface area contributed by atoms with Crippen LogP contribution >= 0.6 is 0 Å². The Kier molecular flexibility index (Phi) is 0.993. The third-order valence-electron chi connectivity index (χ3n) is 2.29. The molecular formula is C7H12N2O. The number of amidine groups is 1. The standard InChI is InChI=1S/C7H12N2O/c1-5-2-7(3-5)4-10-6(8)9-7/h5H,2-4H2,1H3,(H2,8,9). The van der Waals surface area contributed by atoms with Crippen LogP contribution in [0.15, 0.2) is 4.99 Å². The van der Waals surface area contributed by atoms with Gasteiger partial charge in [-0.05, 0) is 18.8 Å². The average Bonchev–Trinajstić information content (AvgIpc) is 2.10. The minimum atomic E-state index is 0.101. The highest BCUT2D eigenvalue weighted by atomic mass is 16.5. The molecule has 3 heteroatoms. The van der Waals surface area contributed by atoms with E-state index in [1.165, 1.54) is 0 Å². The van der Waals surface area contributed by atoms with Gasteiger partial charge in [0.05, 0.1) is 0 Å². The summed E-state index contributed by atoms with van der Waals surface area (Å²) in [7, 11) is 0. The molecule has 0 aromatic carbocycles. The van der Waals surface area contributed by atoms with Gasteiger partial charge in [-0.1, -0.05) is 6.92 Å². The lowest BCUT2D eigenvalue weighted by Crippen LogP contribution is -2.42.